The van der Waals surface area contributed by atoms with Gasteiger partial charge in [-0.25, -0.2) is 0 Å². The van der Waals surface area contributed by atoms with Crippen LogP contribution in [0.4, 0.5) is 0 Å². The van der Waals surface area contributed by atoms with Gasteiger partial charge in [0.2, 0.25) is 11.8 Å². The summed E-state index contributed by atoms with van der Waals surface area (Å²) in [7, 11) is 0. The van der Waals surface area contributed by atoms with Gasteiger partial charge in [0, 0.05) is 28.2 Å². The lowest BCUT2D eigenvalue weighted by molar-refractivity contribution is -0.141. The predicted molar refractivity (Wildman–Crippen MR) is 150 cm³/mol. The van der Waals surface area contributed by atoms with Gasteiger partial charge in [-0.2, -0.15) is 0 Å². The number of halogens is 3. The Labute approximate surface area is 231 Å². The molecule has 0 fully saturated rings. The highest BCUT2D eigenvalue weighted by molar-refractivity contribution is 6.31. The Bertz CT molecular complexity index is 1340. The van der Waals surface area contributed by atoms with E-state index in [1.807, 2.05) is 72.8 Å². The van der Waals surface area contributed by atoms with Crippen LogP contribution in [0.3, 0.4) is 0 Å². The van der Waals surface area contributed by atoms with Crippen molar-refractivity contribution in [1.82, 2.24) is 10.2 Å². The number of carbonyl (C=O) groups excluding carboxylic acids is 2. The maximum Gasteiger partial charge on any atom is 0.247 e. The highest BCUT2D eigenvalue weighted by Crippen LogP contribution is 2.26. The number of carbonyl (C=O) groups is 2. The summed E-state index contributed by atoms with van der Waals surface area (Å²) in [6.45, 7) is 0.463. The van der Waals surface area contributed by atoms with Crippen molar-refractivity contribution in [3.63, 3.8) is 0 Å². The fraction of sp³-hybridized carbons (Fsp3) is 0.133. The van der Waals surface area contributed by atoms with Crippen molar-refractivity contribution in [2.75, 3.05) is 0 Å². The van der Waals surface area contributed by atoms with Gasteiger partial charge in [0.25, 0.3) is 0 Å². The number of nitrogens with one attached hydrogen (secondary N) is 1. The van der Waals surface area contributed by atoms with E-state index in [9.17, 15) is 9.59 Å². The third-order valence-corrected chi connectivity index (χ3v) is 6.81. The number of rotatable bonds is 9. The Balaban J connectivity index is 1.67. The summed E-state index contributed by atoms with van der Waals surface area (Å²) in [5.41, 5.74) is 3.16. The second kappa shape index (κ2) is 12.8. The quantitative estimate of drug-likeness (QED) is 0.238. The van der Waals surface area contributed by atoms with Crippen LogP contribution < -0.4 is 5.32 Å². The lowest BCUT2D eigenvalue weighted by Gasteiger charge is -2.32. The molecule has 188 valence electrons. The minimum atomic E-state index is -0.862. The van der Waals surface area contributed by atoms with Gasteiger partial charge in [-0.15, -0.1) is 0 Å². The van der Waals surface area contributed by atoms with Crippen molar-refractivity contribution in [3.05, 3.63) is 140 Å². The molecule has 4 aromatic rings. The summed E-state index contributed by atoms with van der Waals surface area (Å²) in [5, 5.41) is 4.74. The third-order valence-electron chi connectivity index (χ3n) is 5.94. The highest BCUT2D eigenvalue weighted by atomic mass is 35.5. The van der Waals surface area contributed by atoms with Gasteiger partial charge in [0.15, 0.2) is 0 Å². The average Bonchev–Trinajstić information content (AvgIpc) is 2.91. The van der Waals surface area contributed by atoms with Crippen molar-refractivity contribution >= 4 is 46.6 Å². The Kier molecular flexibility index (Phi) is 9.24. The Hall–Kier alpha value is -3.31. The molecule has 7 heteroatoms. The van der Waals surface area contributed by atoms with Crippen LogP contribution in [0.1, 0.15) is 28.3 Å². The van der Waals surface area contributed by atoms with Gasteiger partial charge in [0.1, 0.15) is 6.04 Å². The van der Waals surface area contributed by atoms with Crippen LogP contribution in [0.5, 0.6) is 0 Å². The van der Waals surface area contributed by atoms with E-state index in [1.165, 1.54) is 0 Å². The zero-order chi connectivity index (χ0) is 26.2. The molecule has 0 aliphatic heterocycles. The van der Waals surface area contributed by atoms with E-state index in [-0.39, 0.29) is 31.3 Å². The molecule has 0 saturated carbocycles. The molecule has 2 amide bonds. The minimum Gasteiger partial charge on any atom is -0.350 e. The lowest BCUT2D eigenvalue weighted by Crippen LogP contribution is -2.43. The Morgan fingerprint density at radius 1 is 0.703 bits per heavy atom. The second-order valence-corrected chi connectivity index (χ2v) is 9.85. The topological polar surface area (TPSA) is 49.4 Å². The van der Waals surface area contributed by atoms with Crippen LogP contribution in [0, 0.1) is 0 Å². The summed E-state index contributed by atoms with van der Waals surface area (Å²) in [5.74, 6) is -0.497. The molecule has 1 N–H and O–H groups in total. The van der Waals surface area contributed by atoms with E-state index in [0.717, 1.165) is 16.7 Å². The fourth-order valence-corrected chi connectivity index (χ4v) is 4.47. The molecule has 0 radical (unpaired) electrons. The molecule has 37 heavy (non-hydrogen) atoms. The average molecular weight is 552 g/mol. The maximum atomic E-state index is 13.8. The monoisotopic (exact) mass is 550 g/mol. The summed E-state index contributed by atoms with van der Waals surface area (Å²) < 4.78 is 0. The van der Waals surface area contributed by atoms with Crippen LogP contribution >= 0.6 is 34.8 Å². The minimum absolute atomic E-state index is 0.117. The largest absolute Gasteiger partial charge is 0.350 e. The van der Waals surface area contributed by atoms with Gasteiger partial charge in [-0.05, 0) is 52.6 Å². The molecule has 4 nitrogen and oxygen atoms in total. The van der Waals surface area contributed by atoms with Gasteiger partial charge in [-0.1, -0.05) is 108 Å². The van der Waals surface area contributed by atoms with Crippen molar-refractivity contribution in [2.24, 2.45) is 0 Å². The van der Waals surface area contributed by atoms with Gasteiger partial charge in [-0.3, -0.25) is 9.59 Å². The molecule has 0 aliphatic carbocycles. The van der Waals surface area contributed by atoms with E-state index in [2.05, 4.69) is 5.32 Å². The van der Waals surface area contributed by atoms with Crippen LogP contribution in [0.2, 0.25) is 15.1 Å². The van der Waals surface area contributed by atoms with E-state index >= 15 is 0 Å². The van der Waals surface area contributed by atoms with Gasteiger partial charge < -0.3 is 10.2 Å². The van der Waals surface area contributed by atoms with E-state index in [4.69, 9.17) is 34.8 Å². The van der Waals surface area contributed by atoms with E-state index < -0.39 is 6.04 Å². The van der Waals surface area contributed by atoms with E-state index in [1.54, 1.807) is 35.2 Å². The summed E-state index contributed by atoms with van der Waals surface area (Å²) >= 11 is 18.4. The first-order chi connectivity index (χ1) is 17.9. The molecule has 0 aliphatic rings. The fourth-order valence-electron chi connectivity index (χ4n) is 4.02. The molecule has 0 heterocycles. The summed E-state index contributed by atoms with van der Waals surface area (Å²) in [6.07, 6.45) is 0.117. The number of hydrogen-bond acceptors (Lipinski definition) is 2. The zero-order valence-corrected chi connectivity index (χ0v) is 22.2. The first-order valence-corrected chi connectivity index (χ1v) is 12.9. The predicted octanol–water partition coefficient (Wildman–Crippen LogP) is 7.28. The zero-order valence-electron chi connectivity index (χ0n) is 19.9. The molecule has 4 aromatic carbocycles. The summed E-state index contributed by atoms with van der Waals surface area (Å²) in [4.78, 5) is 29.1. The molecular formula is C30H25Cl3N2O2. The molecule has 0 aromatic heterocycles. The second-order valence-electron chi connectivity index (χ2n) is 8.57. The number of nitrogens with zero attached hydrogens (tertiary/aromatic N) is 1. The molecule has 0 saturated heterocycles. The van der Waals surface area contributed by atoms with Crippen LogP contribution in [0.25, 0.3) is 0 Å². The first-order valence-electron chi connectivity index (χ1n) is 11.7. The van der Waals surface area contributed by atoms with E-state index in [0.29, 0.717) is 20.6 Å². The van der Waals surface area contributed by atoms with Crippen LogP contribution in [-0.2, 0) is 29.1 Å². The Morgan fingerprint density at radius 2 is 1.27 bits per heavy atom. The first kappa shape index (κ1) is 26.7. The van der Waals surface area contributed by atoms with Crippen molar-refractivity contribution in [3.8, 4) is 0 Å². The maximum absolute atomic E-state index is 13.8. The number of benzene rings is 4. The molecule has 0 bridgehead atoms. The van der Waals surface area contributed by atoms with Gasteiger partial charge in [0.05, 0.1) is 6.42 Å². The van der Waals surface area contributed by atoms with Crippen LogP contribution in [-0.4, -0.2) is 16.7 Å². The normalized spacial score (nSPS) is 11.5. The highest BCUT2D eigenvalue weighted by Gasteiger charge is 2.31. The van der Waals surface area contributed by atoms with Crippen molar-refractivity contribution < 1.29 is 9.59 Å². The standard InChI is InChI=1S/C30H25Cl3N2O2/c31-25-14-10-21(11-15-25)18-28(36)35(20-22-12-16-26(32)17-13-22)29(23-6-2-1-3-7-23)30(37)34-19-24-8-4-5-9-27(24)33/h1-17,29H,18-20H2,(H,34,37)/t29-/m0/s1. The third kappa shape index (κ3) is 7.36. The lowest BCUT2D eigenvalue weighted by atomic mass is 10.0. The van der Waals surface area contributed by atoms with Crippen molar-refractivity contribution in [1.29, 1.82) is 0 Å². The number of amides is 2. The molecule has 0 unspecified atom stereocenters. The van der Waals surface area contributed by atoms with Gasteiger partial charge >= 0.3 is 0 Å². The molecule has 0 spiro atoms. The van der Waals surface area contributed by atoms with Crippen molar-refractivity contribution in [2.45, 2.75) is 25.6 Å². The smallest absolute Gasteiger partial charge is 0.247 e. The number of hydrogen-bond donors (Lipinski definition) is 1. The SMILES string of the molecule is O=C(NCc1ccccc1Cl)[C@H](c1ccccc1)N(Cc1ccc(Cl)cc1)C(=O)Cc1ccc(Cl)cc1. The molecular weight excluding hydrogens is 527 g/mol. The Morgan fingerprint density at radius 3 is 1.89 bits per heavy atom. The molecule has 1 atom stereocenters. The molecule has 4 rings (SSSR count). The van der Waals surface area contributed by atoms with Crippen LogP contribution in [0.15, 0.2) is 103 Å². The summed E-state index contributed by atoms with van der Waals surface area (Å²) in [6, 6.07) is 30.1.